The van der Waals surface area contributed by atoms with Crippen molar-refractivity contribution in [1.29, 1.82) is 0 Å². The van der Waals surface area contributed by atoms with Crippen molar-refractivity contribution in [3.05, 3.63) is 66.2 Å². The van der Waals surface area contributed by atoms with Crippen LogP contribution in [0.2, 0.25) is 0 Å². The molecule has 0 aliphatic heterocycles. The molecule has 1 atom stereocenters. The van der Waals surface area contributed by atoms with Crippen molar-refractivity contribution in [1.82, 2.24) is 5.32 Å². The van der Waals surface area contributed by atoms with Crippen LogP contribution >= 0.6 is 0 Å². The summed E-state index contributed by atoms with van der Waals surface area (Å²) in [4.78, 5) is 0.334. The van der Waals surface area contributed by atoms with E-state index in [1.165, 1.54) is 0 Å². The number of aliphatic hydroxyl groups excluding tert-OH is 1. The SMILES string of the molecule is O=S(=O)(CCN[C@H](CO)Cc1ccccc1)c1ccccc1. The topological polar surface area (TPSA) is 66.4 Å². The predicted octanol–water partition coefficient (Wildman–Crippen LogP) is 1.65. The molecule has 0 aliphatic rings. The molecule has 118 valence electrons. The highest BCUT2D eigenvalue weighted by molar-refractivity contribution is 7.91. The molecule has 0 bridgehead atoms. The van der Waals surface area contributed by atoms with E-state index < -0.39 is 9.84 Å². The van der Waals surface area contributed by atoms with Gasteiger partial charge in [-0.15, -0.1) is 0 Å². The summed E-state index contributed by atoms with van der Waals surface area (Å²) in [5.74, 6) is 0.0162. The molecule has 0 aliphatic carbocycles. The predicted molar refractivity (Wildman–Crippen MR) is 87.5 cm³/mol. The molecule has 4 nitrogen and oxygen atoms in total. The zero-order chi connectivity index (χ0) is 15.8. The van der Waals surface area contributed by atoms with Crippen LogP contribution in [-0.4, -0.2) is 38.5 Å². The first-order valence-electron chi connectivity index (χ1n) is 7.28. The molecule has 2 aromatic rings. The van der Waals surface area contributed by atoms with Gasteiger partial charge >= 0.3 is 0 Å². The van der Waals surface area contributed by atoms with Gasteiger partial charge in [0.2, 0.25) is 0 Å². The highest BCUT2D eigenvalue weighted by Crippen LogP contribution is 2.09. The Labute approximate surface area is 131 Å². The normalized spacial score (nSPS) is 13.0. The fourth-order valence-electron chi connectivity index (χ4n) is 2.24. The largest absolute Gasteiger partial charge is 0.395 e. The average molecular weight is 319 g/mol. The van der Waals surface area contributed by atoms with Gasteiger partial charge in [-0.05, 0) is 24.1 Å². The van der Waals surface area contributed by atoms with Crippen LogP contribution < -0.4 is 5.32 Å². The smallest absolute Gasteiger partial charge is 0.179 e. The average Bonchev–Trinajstić information content (AvgIpc) is 2.55. The molecule has 5 heteroatoms. The lowest BCUT2D eigenvalue weighted by molar-refractivity contribution is 0.243. The lowest BCUT2D eigenvalue weighted by Crippen LogP contribution is -2.37. The van der Waals surface area contributed by atoms with Gasteiger partial charge in [-0.25, -0.2) is 8.42 Å². The Morgan fingerprint density at radius 1 is 0.955 bits per heavy atom. The van der Waals surface area contributed by atoms with E-state index in [1.54, 1.807) is 30.3 Å². The minimum Gasteiger partial charge on any atom is -0.395 e. The number of rotatable bonds is 8. The second-order valence-corrected chi connectivity index (χ2v) is 7.26. The highest BCUT2D eigenvalue weighted by atomic mass is 32.2. The standard InChI is InChI=1S/C17H21NO3S/c19-14-16(13-15-7-3-1-4-8-15)18-11-12-22(20,21)17-9-5-2-6-10-17/h1-10,16,18-19H,11-14H2/t16-/m0/s1. The highest BCUT2D eigenvalue weighted by Gasteiger charge is 2.15. The first-order chi connectivity index (χ1) is 10.6. The molecule has 0 unspecified atom stereocenters. The number of hydrogen-bond donors (Lipinski definition) is 2. The number of hydrogen-bond acceptors (Lipinski definition) is 4. The Morgan fingerprint density at radius 3 is 2.14 bits per heavy atom. The molecule has 2 rings (SSSR count). The molecule has 0 spiro atoms. The number of benzene rings is 2. The van der Waals surface area contributed by atoms with E-state index in [1.807, 2.05) is 30.3 Å². The summed E-state index contributed by atoms with van der Waals surface area (Å²) in [6.07, 6.45) is 0.669. The van der Waals surface area contributed by atoms with Gasteiger partial charge in [-0.2, -0.15) is 0 Å². The molecule has 0 fully saturated rings. The summed E-state index contributed by atoms with van der Waals surface area (Å²) >= 11 is 0. The van der Waals surface area contributed by atoms with Gasteiger partial charge in [0, 0.05) is 12.6 Å². The quantitative estimate of drug-likeness (QED) is 0.776. The Bertz CT molecular complexity index is 657. The number of nitrogens with one attached hydrogen (secondary N) is 1. The maximum Gasteiger partial charge on any atom is 0.179 e. The third-order valence-corrected chi connectivity index (χ3v) is 5.18. The van der Waals surface area contributed by atoms with E-state index in [0.717, 1.165) is 5.56 Å². The summed E-state index contributed by atoms with van der Waals surface area (Å²) in [5.41, 5.74) is 1.11. The fourth-order valence-corrected chi connectivity index (χ4v) is 3.44. The van der Waals surface area contributed by atoms with Crippen molar-refractivity contribution in [2.24, 2.45) is 0 Å². The molecule has 0 saturated heterocycles. The maximum atomic E-state index is 12.2. The Kier molecular flexibility index (Phi) is 6.12. The molecular weight excluding hydrogens is 298 g/mol. The van der Waals surface area contributed by atoms with E-state index in [4.69, 9.17) is 0 Å². The summed E-state index contributed by atoms with van der Waals surface area (Å²) in [6, 6.07) is 18.1. The summed E-state index contributed by atoms with van der Waals surface area (Å²) < 4.78 is 24.3. The molecule has 2 N–H and O–H groups in total. The monoisotopic (exact) mass is 319 g/mol. The Balaban J connectivity index is 1.86. The van der Waals surface area contributed by atoms with Gasteiger partial charge in [-0.1, -0.05) is 48.5 Å². The number of sulfone groups is 1. The van der Waals surface area contributed by atoms with Crippen molar-refractivity contribution in [3.8, 4) is 0 Å². The van der Waals surface area contributed by atoms with Crippen molar-refractivity contribution < 1.29 is 13.5 Å². The molecule has 0 heterocycles. The van der Waals surface area contributed by atoms with Crippen LogP contribution in [0.15, 0.2) is 65.6 Å². The second kappa shape index (κ2) is 8.08. The maximum absolute atomic E-state index is 12.2. The third-order valence-electron chi connectivity index (χ3n) is 3.45. The van der Waals surface area contributed by atoms with Crippen LogP contribution in [0.3, 0.4) is 0 Å². The Hall–Kier alpha value is -1.69. The van der Waals surface area contributed by atoms with Crippen LogP contribution in [0, 0.1) is 0 Å². The number of aliphatic hydroxyl groups is 1. The van der Waals surface area contributed by atoms with E-state index in [2.05, 4.69) is 5.32 Å². The first-order valence-corrected chi connectivity index (χ1v) is 8.93. The third kappa shape index (κ3) is 4.94. The summed E-state index contributed by atoms with van der Waals surface area (Å²) in [6.45, 7) is 0.287. The van der Waals surface area contributed by atoms with Crippen LogP contribution in [-0.2, 0) is 16.3 Å². The van der Waals surface area contributed by atoms with Gasteiger partial charge in [-0.3, -0.25) is 0 Å². The zero-order valence-corrected chi connectivity index (χ0v) is 13.2. The molecule has 0 radical (unpaired) electrons. The van der Waals surface area contributed by atoms with Gasteiger partial charge in [0.05, 0.1) is 17.3 Å². The van der Waals surface area contributed by atoms with E-state index in [-0.39, 0.29) is 18.4 Å². The van der Waals surface area contributed by atoms with E-state index >= 15 is 0 Å². The van der Waals surface area contributed by atoms with Gasteiger partial charge in [0.25, 0.3) is 0 Å². The molecular formula is C17H21NO3S. The first kappa shape index (κ1) is 16.7. The van der Waals surface area contributed by atoms with Gasteiger partial charge in [0.15, 0.2) is 9.84 Å². The van der Waals surface area contributed by atoms with E-state index in [9.17, 15) is 13.5 Å². The van der Waals surface area contributed by atoms with Crippen molar-refractivity contribution in [2.75, 3.05) is 18.9 Å². The zero-order valence-electron chi connectivity index (χ0n) is 12.4. The lowest BCUT2D eigenvalue weighted by Gasteiger charge is -2.16. The molecule has 0 saturated carbocycles. The van der Waals surface area contributed by atoms with Crippen LogP contribution in [0.25, 0.3) is 0 Å². The summed E-state index contributed by atoms with van der Waals surface area (Å²) in [5, 5.41) is 12.5. The minimum atomic E-state index is -3.28. The minimum absolute atomic E-state index is 0.0162. The second-order valence-electron chi connectivity index (χ2n) is 5.16. The van der Waals surface area contributed by atoms with Crippen molar-refractivity contribution >= 4 is 9.84 Å². The lowest BCUT2D eigenvalue weighted by atomic mass is 10.1. The van der Waals surface area contributed by atoms with Crippen LogP contribution in [0.4, 0.5) is 0 Å². The van der Waals surface area contributed by atoms with E-state index in [0.29, 0.717) is 17.9 Å². The van der Waals surface area contributed by atoms with Crippen molar-refractivity contribution in [3.63, 3.8) is 0 Å². The van der Waals surface area contributed by atoms with Gasteiger partial charge < -0.3 is 10.4 Å². The Morgan fingerprint density at radius 2 is 1.55 bits per heavy atom. The molecule has 0 aromatic heterocycles. The summed E-state index contributed by atoms with van der Waals surface area (Å²) in [7, 11) is -3.28. The van der Waals surface area contributed by atoms with Crippen molar-refractivity contribution in [2.45, 2.75) is 17.4 Å². The molecule has 2 aromatic carbocycles. The van der Waals surface area contributed by atoms with Gasteiger partial charge in [0.1, 0.15) is 0 Å². The molecule has 22 heavy (non-hydrogen) atoms. The fraction of sp³-hybridized carbons (Fsp3) is 0.294. The molecule has 0 amide bonds. The van der Waals surface area contributed by atoms with Crippen LogP contribution in [0.1, 0.15) is 5.56 Å². The van der Waals surface area contributed by atoms with Crippen LogP contribution in [0.5, 0.6) is 0 Å².